The highest BCUT2D eigenvalue weighted by Gasteiger charge is 2.36. The van der Waals surface area contributed by atoms with Crippen LogP contribution < -0.4 is 10.1 Å². The van der Waals surface area contributed by atoms with Crippen molar-refractivity contribution >= 4 is 17.8 Å². The van der Waals surface area contributed by atoms with Crippen LogP contribution >= 0.6 is 0 Å². The first-order chi connectivity index (χ1) is 15.7. The molecule has 2 rings (SSSR count). The van der Waals surface area contributed by atoms with E-state index in [0.29, 0.717) is 19.3 Å². The predicted molar refractivity (Wildman–Crippen MR) is 121 cm³/mol. The molecule has 0 aliphatic carbocycles. The second kappa shape index (κ2) is 12.4. The second-order valence-electron chi connectivity index (χ2n) is 8.75. The third kappa shape index (κ3) is 7.07. The Labute approximate surface area is 195 Å². The average Bonchev–Trinajstić information content (AvgIpc) is 2.82. The zero-order chi connectivity index (χ0) is 24.5. The number of rotatable bonds is 8. The van der Waals surface area contributed by atoms with Crippen LogP contribution in [0.3, 0.4) is 0 Å². The number of ether oxygens (including phenoxy) is 3. The van der Waals surface area contributed by atoms with Gasteiger partial charge >= 0.3 is 11.9 Å². The molecule has 0 spiro atoms. The summed E-state index contributed by atoms with van der Waals surface area (Å²) in [5, 5.41) is 12.8. The molecule has 9 nitrogen and oxygen atoms in total. The molecule has 1 aliphatic rings. The van der Waals surface area contributed by atoms with Gasteiger partial charge in [-0.25, -0.2) is 9.78 Å². The third-order valence-electron chi connectivity index (χ3n) is 5.91. The lowest BCUT2D eigenvalue weighted by atomic mass is 9.88. The van der Waals surface area contributed by atoms with Gasteiger partial charge in [-0.1, -0.05) is 33.6 Å². The number of aromatic nitrogens is 1. The number of methoxy groups -OCH3 is 1. The molecule has 4 atom stereocenters. The number of pyridine rings is 1. The fourth-order valence-electron chi connectivity index (χ4n) is 3.93. The number of carbonyl (C=O) groups is 3. The Morgan fingerprint density at radius 1 is 1.33 bits per heavy atom. The van der Waals surface area contributed by atoms with E-state index >= 15 is 0 Å². The van der Waals surface area contributed by atoms with E-state index in [1.54, 1.807) is 20.8 Å². The van der Waals surface area contributed by atoms with Crippen LogP contribution in [-0.4, -0.2) is 53.3 Å². The summed E-state index contributed by atoms with van der Waals surface area (Å²) in [6.07, 6.45) is 4.54. The van der Waals surface area contributed by atoms with E-state index in [1.807, 2.05) is 0 Å². The number of cyclic esters (lactones) is 1. The number of carbonyl (C=O) groups excluding carboxylic acids is 3. The zero-order valence-corrected chi connectivity index (χ0v) is 20.1. The van der Waals surface area contributed by atoms with Crippen LogP contribution in [0.2, 0.25) is 0 Å². The standard InChI is InChI=1S/C24H36N2O7/c1-6-7-9-16-15(4)32-24(30)17(10-8-11-18(16)33-23(29)14(2)3)26-22(28)20-21(27)19(31-5)12-13-25-20/h12-18,27H,6-11H2,1-5H3,(H,26,28). The van der Waals surface area contributed by atoms with Gasteiger partial charge in [-0.05, 0) is 32.6 Å². The van der Waals surface area contributed by atoms with Gasteiger partial charge in [0, 0.05) is 18.2 Å². The van der Waals surface area contributed by atoms with Gasteiger partial charge < -0.3 is 24.6 Å². The number of nitrogens with one attached hydrogen (secondary N) is 1. The van der Waals surface area contributed by atoms with Gasteiger partial charge in [0.05, 0.1) is 13.0 Å². The molecular formula is C24H36N2O7. The summed E-state index contributed by atoms with van der Waals surface area (Å²) < 4.78 is 16.6. The second-order valence-corrected chi connectivity index (χ2v) is 8.75. The lowest BCUT2D eigenvalue weighted by Gasteiger charge is -2.31. The van der Waals surface area contributed by atoms with E-state index in [1.165, 1.54) is 19.4 Å². The topological polar surface area (TPSA) is 124 Å². The quantitative estimate of drug-likeness (QED) is 0.561. The van der Waals surface area contributed by atoms with Crippen molar-refractivity contribution in [1.82, 2.24) is 10.3 Å². The van der Waals surface area contributed by atoms with E-state index in [2.05, 4.69) is 17.2 Å². The average molecular weight is 465 g/mol. The van der Waals surface area contributed by atoms with E-state index in [9.17, 15) is 19.5 Å². The molecule has 0 bridgehead atoms. The first-order valence-corrected chi connectivity index (χ1v) is 11.6. The van der Waals surface area contributed by atoms with E-state index in [4.69, 9.17) is 14.2 Å². The van der Waals surface area contributed by atoms with Crippen LogP contribution in [0.15, 0.2) is 12.3 Å². The monoisotopic (exact) mass is 464 g/mol. The fourth-order valence-corrected chi connectivity index (χ4v) is 3.93. The first kappa shape index (κ1) is 26.4. The first-order valence-electron chi connectivity index (χ1n) is 11.6. The molecule has 184 valence electrons. The minimum Gasteiger partial charge on any atom is -0.503 e. The van der Waals surface area contributed by atoms with Crippen LogP contribution in [0.4, 0.5) is 0 Å². The van der Waals surface area contributed by atoms with Crippen molar-refractivity contribution in [3.63, 3.8) is 0 Å². The molecule has 0 radical (unpaired) electrons. The molecular weight excluding hydrogens is 428 g/mol. The molecule has 1 amide bonds. The molecule has 33 heavy (non-hydrogen) atoms. The van der Waals surface area contributed by atoms with Crippen molar-refractivity contribution in [2.45, 2.75) is 84.5 Å². The number of unbranched alkanes of at least 4 members (excludes halogenated alkanes) is 1. The van der Waals surface area contributed by atoms with Gasteiger partial charge in [-0.15, -0.1) is 0 Å². The van der Waals surface area contributed by atoms with Gasteiger partial charge in [0.25, 0.3) is 5.91 Å². The minimum atomic E-state index is -0.918. The number of hydrogen-bond donors (Lipinski definition) is 2. The normalized spacial score (nSPS) is 23.6. The van der Waals surface area contributed by atoms with Crippen LogP contribution in [0.25, 0.3) is 0 Å². The van der Waals surface area contributed by atoms with Gasteiger partial charge in [0.15, 0.2) is 17.2 Å². The van der Waals surface area contributed by atoms with Crippen LogP contribution in [0.1, 0.15) is 76.7 Å². The van der Waals surface area contributed by atoms with Gasteiger partial charge in [-0.3, -0.25) is 9.59 Å². The van der Waals surface area contributed by atoms with Gasteiger partial charge in [-0.2, -0.15) is 0 Å². The van der Waals surface area contributed by atoms with Crippen molar-refractivity contribution in [2.24, 2.45) is 11.8 Å². The van der Waals surface area contributed by atoms with Crippen molar-refractivity contribution in [1.29, 1.82) is 0 Å². The number of hydrogen-bond acceptors (Lipinski definition) is 8. The van der Waals surface area contributed by atoms with Gasteiger partial charge in [0.1, 0.15) is 18.2 Å². The largest absolute Gasteiger partial charge is 0.503 e. The molecule has 1 saturated heterocycles. The molecule has 1 aliphatic heterocycles. The summed E-state index contributed by atoms with van der Waals surface area (Å²) >= 11 is 0. The molecule has 0 aromatic carbocycles. The summed E-state index contributed by atoms with van der Waals surface area (Å²) in [4.78, 5) is 41.9. The Morgan fingerprint density at radius 2 is 2.06 bits per heavy atom. The van der Waals surface area contributed by atoms with Gasteiger partial charge in [0.2, 0.25) is 0 Å². The predicted octanol–water partition coefficient (Wildman–Crippen LogP) is 3.38. The summed E-state index contributed by atoms with van der Waals surface area (Å²) in [5.74, 6) is -2.21. The highest BCUT2D eigenvalue weighted by Crippen LogP contribution is 2.30. The molecule has 1 aromatic rings. The van der Waals surface area contributed by atoms with Crippen molar-refractivity contribution in [2.75, 3.05) is 7.11 Å². The van der Waals surface area contributed by atoms with E-state index < -0.39 is 29.8 Å². The summed E-state index contributed by atoms with van der Waals surface area (Å²) in [7, 11) is 1.37. The Bertz CT molecular complexity index is 827. The summed E-state index contributed by atoms with van der Waals surface area (Å²) in [6.45, 7) is 7.45. The highest BCUT2D eigenvalue weighted by atomic mass is 16.6. The Hall–Kier alpha value is -2.84. The maximum Gasteiger partial charge on any atom is 0.328 e. The van der Waals surface area contributed by atoms with Crippen molar-refractivity contribution in [3.8, 4) is 11.5 Å². The maximum absolute atomic E-state index is 12.9. The zero-order valence-electron chi connectivity index (χ0n) is 20.1. The van der Waals surface area contributed by atoms with Crippen LogP contribution in [-0.2, 0) is 19.1 Å². The van der Waals surface area contributed by atoms with Crippen molar-refractivity contribution < 1.29 is 33.7 Å². The molecule has 0 saturated carbocycles. The highest BCUT2D eigenvalue weighted by molar-refractivity contribution is 5.97. The summed E-state index contributed by atoms with van der Waals surface area (Å²) in [5.41, 5.74) is -0.236. The van der Waals surface area contributed by atoms with Crippen LogP contribution in [0.5, 0.6) is 11.5 Å². The molecule has 9 heteroatoms. The third-order valence-corrected chi connectivity index (χ3v) is 5.91. The number of nitrogens with zero attached hydrogens (tertiary/aromatic N) is 1. The Morgan fingerprint density at radius 3 is 2.70 bits per heavy atom. The summed E-state index contributed by atoms with van der Waals surface area (Å²) in [6, 6.07) is 0.510. The fraction of sp³-hybridized carbons (Fsp3) is 0.667. The Kier molecular flexibility index (Phi) is 9.94. The minimum absolute atomic E-state index is 0.106. The molecule has 2 heterocycles. The van der Waals surface area contributed by atoms with E-state index in [0.717, 1.165) is 19.3 Å². The molecule has 2 N–H and O–H groups in total. The van der Waals surface area contributed by atoms with Crippen molar-refractivity contribution in [3.05, 3.63) is 18.0 Å². The lowest BCUT2D eigenvalue weighted by Crippen LogP contribution is -2.43. The van der Waals surface area contributed by atoms with Crippen LogP contribution in [0, 0.1) is 11.8 Å². The molecule has 1 aromatic heterocycles. The SMILES string of the molecule is CCCCC1C(C)OC(=O)C(NC(=O)c2nccc(OC)c2O)CCCC1OC(=O)C(C)C. The number of aromatic hydroxyl groups is 1. The molecule has 4 unspecified atom stereocenters. The smallest absolute Gasteiger partial charge is 0.328 e. The number of amides is 1. The lowest BCUT2D eigenvalue weighted by molar-refractivity contribution is -0.163. The number of esters is 2. The van der Waals surface area contributed by atoms with E-state index in [-0.39, 0.29) is 35.4 Å². The molecule has 1 fully saturated rings. The Balaban J connectivity index is 2.20. The maximum atomic E-state index is 12.9.